The minimum Gasteiger partial charge on any atom is -0.395 e. The first-order chi connectivity index (χ1) is 8.13. The van der Waals surface area contributed by atoms with Crippen molar-refractivity contribution in [2.75, 3.05) is 6.61 Å². The van der Waals surface area contributed by atoms with Gasteiger partial charge in [0.1, 0.15) is 5.82 Å². The molecule has 1 aromatic heterocycles. The lowest BCUT2D eigenvalue weighted by atomic mass is 10.3. The van der Waals surface area contributed by atoms with Crippen LogP contribution in [0.4, 0.5) is 0 Å². The molecule has 90 valence electrons. The maximum Gasteiger partial charge on any atom is 0.350 e. The summed E-state index contributed by atoms with van der Waals surface area (Å²) in [5, 5.41) is 13.6. The fourth-order valence-corrected chi connectivity index (χ4v) is 1.81. The average molecular weight is 254 g/mol. The van der Waals surface area contributed by atoms with E-state index < -0.39 is 0 Å². The lowest BCUT2D eigenvalue weighted by Crippen LogP contribution is -2.25. The van der Waals surface area contributed by atoms with Gasteiger partial charge in [0, 0.05) is 5.02 Å². The van der Waals surface area contributed by atoms with Crippen LogP contribution in [0.1, 0.15) is 5.82 Å². The predicted molar refractivity (Wildman–Crippen MR) is 64.7 cm³/mol. The molecule has 1 aromatic carbocycles. The van der Waals surface area contributed by atoms with Gasteiger partial charge in [-0.3, -0.25) is 4.57 Å². The quantitative estimate of drug-likeness (QED) is 0.887. The first-order valence-corrected chi connectivity index (χ1v) is 5.54. The highest BCUT2D eigenvalue weighted by molar-refractivity contribution is 6.30. The Bertz CT molecular complexity index is 589. The highest BCUT2D eigenvalue weighted by Gasteiger charge is 2.10. The zero-order valence-corrected chi connectivity index (χ0v) is 10.1. The van der Waals surface area contributed by atoms with E-state index in [0.29, 0.717) is 16.5 Å². The molecule has 0 aliphatic rings. The van der Waals surface area contributed by atoms with Crippen molar-refractivity contribution in [3.05, 3.63) is 45.6 Å². The summed E-state index contributed by atoms with van der Waals surface area (Å²) in [5.41, 5.74) is 0.334. The Balaban J connectivity index is 2.54. The normalized spacial score (nSPS) is 10.8. The molecule has 0 fully saturated rings. The largest absolute Gasteiger partial charge is 0.395 e. The zero-order valence-electron chi connectivity index (χ0n) is 9.30. The van der Waals surface area contributed by atoms with Crippen LogP contribution in [0.2, 0.25) is 5.02 Å². The Morgan fingerprint density at radius 2 is 2.24 bits per heavy atom. The van der Waals surface area contributed by atoms with Crippen LogP contribution in [0, 0.1) is 6.92 Å². The van der Waals surface area contributed by atoms with Crippen molar-refractivity contribution in [2.24, 2.45) is 0 Å². The van der Waals surface area contributed by atoms with E-state index in [0.717, 1.165) is 0 Å². The minimum absolute atomic E-state index is 0.0953. The molecule has 0 unspecified atom stereocenters. The molecule has 0 saturated heterocycles. The summed E-state index contributed by atoms with van der Waals surface area (Å²) < 4.78 is 2.69. The van der Waals surface area contributed by atoms with Crippen LogP contribution in [-0.4, -0.2) is 26.1 Å². The lowest BCUT2D eigenvalue weighted by Gasteiger charge is -1.99. The van der Waals surface area contributed by atoms with Crippen molar-refractivity contribution >= 4 is 11.6 Å². The van der Waals surface area contributed by atoms with E-state index in [4.69, 9.17) is 16.7 Å². The van der Waals surface area contributed by atoms with Gasteiger partial charge in [-0.15, -0.1) is 0 Å². The third-order valence-electron chi connectivity index (χ3n) is 2.42. The maximum absolute atomic E-state index is 12.0. The van der Waals surface area contributed by atoms with Crippen LogP contribution >= 0.6 is 11.6 Å². The van der Waals surface area contributed by atoms with Crippen LogP contribution in [0.3, 0.4) is 0 Å². The molecule has 0 aliphatic heterocycles. The molecule has 0 spiro atoms. The predicted octanol–water partition coefficient (Wildman–Crippen LogP) is 0.988. The summed E-state index contributed by atoms with van der Waals surface area (Å²) in [6.07, 6.45) is 0. The number of aliphatic hydroxyl groups is 1. The minimum atomic E-state index is -0.279. The van der Waals surface area contributed by atoms with Gasteiger partial charge in [-0.05, 0) is 25.1 Å². The van der Waals surface area contributed by atoms with Crippen LogP contribution in [0.5, 0.6) is 0 Å². The molecule has 1 heterocycles. The van der Waals surface area contributed by atoms with Crippen molar-refractivity contribution in [3.63, 3.8) is 0 Å². The number of aryl methyl sites for hydroxylation is 1. The molecule has 0 saturated carbocycles. The summed E-state index contributed by atoms with van der Waals surface area (Å²) in [6.45, 7) is 1.87. The summed E-state index contributed by atoms with van der Waals surface area (Å²) in [6, 6.07) is 6.90. The van der Waals surface area contributed by atoms with Crippen LogP contribution < -0.4 is 5.69 Å². The first-order valence-electron chi connectivity index (χ1n) is 5.16. The van der Waals surface area contributed by atoms with E-state index in [1.54, 1.807) is 31.2 Å². The van der Waals surface area contributed by atoms with Crippen LogP contribution in [0.15, 0.2) is 29.1 Å². The highest BCUT2D eigenvalue weighted by Crippen LogP contribution is 2.12. The van der Waals surface area contributed by atoms with Crippen molar-refractivity contribution in [1.29, 1.82) is 0 Å². The number of benzene rings is 1. The molecular weight excluding hydrogens is 242 g/mol. The highest BCUT2D eigenvalue weighted by atomic mass is 35.5. The van der Waals surface area contributed by atoms with Crippen LogP contribution in [-0.2, 0) is 6.54 Å². The van der Waals surface area contributed by atoms with Crippen LogP contribution in [0.25, 0.3) is 5.69 Å². The van der Waals surface area contributed by atoms with Crippen molar-refractivity contribution in [1.82, 2.24) is 14.3 Å². The molecule has 0 bridgehead atoms. The molecule has 2 rings (SSSR count). The summed E-state index contributed by atoms with van der Waals surface area (Å²) in [4.78, 5) is 12.0. The molecule has 0 radical (unpaired) electrons. The molecule has 0 atom stereocenters. The van der Waals surface area contributed by atoms with Crippen molar-refractivity contribution in [3.8, 4) is 5.69 Å². The van der Waals surface area contributed by atoms with E-state index >= 15 is 0 Å². The number of rotatable bonds is 3. The smallest absolute Gasteiger partial charge is 0.350 e. The maximum atomic E-state index is 12.0. The number of nitrogens with zero attached hydrogens (tertiary/aromatic N) is 3. The Hall–Kier alpha value is -1.59. The molecule has 1 N–H and O–H groups in total. The van der Waals surface area contributed by atoms with E-state index in [-0.39, 0.29) is 18.8 Å². The Kier molecular flexibility index (Phi) is 3.31. The standard InChI is InChI=1S/C11H12ClN3O2/c1-8-13-15(11(17)14(8)5-6-16)10-4-2-3-9(12)7-10/h2-4,7,16H,5-6H2,1H3. The Morgan fingerprint density at radius 1 is 1.47 bits per heavy atom. The summed E-state index contributed by atoms with van der Waals surface area (Å²) >= 11 is 5.86. The average Bonchev–Trinajstić information content (AvgIpc) is 2.57. The second kappa shape index (κ2) is 4.73. The van der Waals surface area contributed by atoms with Gasteiger partial charge >= 0.3 is 5.69 Å². The molecular formula is C11H12ClN3O2. The Morgan fingerprint density at radius 3 is 2.88 bits per heavy atom. The van der Waals surface area contributed by atoms with Gasteiger partial charge in [0.2, 0.25) is 0 Å². The zero-order chi connectivity index (χ0) is 12.4. The number of hydrogen-bond donors (Lipinski definition) is 1. The van der Waals surface area contributed by atoms with Gasteiger partial charge in [-0.25, -0.2) is 4.79 Å². The van der Waals surface area contributed by atoms with Gasteiger partial charge in [0.15, 0.2) is 0 Å². The third kappa shape index (κ3) is 2.25. The Labute approximate surface area is 103 Å². The fourth-order valence-electron chi connectivity index (χ4n) is 1.63. The van der Waals surface area contributed by atoms with Crippen molar-refractivity contribution in [2.45, 2.75) is 13.5 Å². The van der Waals surface area contributed by atoms with Gasteiger partial charge in [0.05, 0.1) is 18.8 Å². The van der Waals surface area contributed by atoms with E-state index in [1.165, 1.54) is 9.25 Å². The molecule has 6 heteroatoms. The third-order valence-corrected chi connectivity index (χ3v) is 2.66. The topological polar surface area (TPSA) is 60.0 Å². The van der Waals surface area contributed by atoms with Gasteiger partial charge in [0.25, 0.3) is 0 Å². The van der Waals surface area contributed by atoms with E-state index in [9.17, 15) is 4.79 Å². The number of aliphatic hydroxyl groups excluding tert-OH is 1. The molecule has 0 aliphatic carbocycles. The van der Waals surface area contributed by atoms with Gasteiger partial charge < -0.3 is 5.11 Å². The first kappa shape index (κ1) is 11.9. The number of hydrogen-bond acceptors (Lipinski definition) is 3. The van der Waals surface area contributed by atoms with E-state index in [1.807, 2.05) is 0 Å². The summed E-state index contributed by atoms with van der Waals surface area (Å²) in [7, 11) is 0. The van der Waals surface area contributed by atoms with Crippen molar-refractivity contribution < 1.29 is 5.11 Å². The molecule has 5 nitrogen and oxygen atoms in total. The monoisotopic (exact) mass is 253 g/mol. The second-order valence-corrected chi connectivity index (χ2v) is 4.03. The molecule has 17 heavy (non-hydrogen) atoms. The molecule has 2 aromatic rings. The van der Waals surface area contributed by atoms with Gasteiger partial charge in [-0.1, -0.05) is 17.7 Å². The number of halogens is 1. The van der Waals surface area contributed by atoms with E-state index in [2.05, 4.69) is 5.10 Å². The van der Waals surface area contributed by atoms with Gasteiger partial charge in [-0.2, -0.15) is 9.78 Å². The SMILES string of the molecule is Cc1nn(-c2cccc(Cl)c2)c(=O)n1CCO. The number of aromatic nitrogens is 3. The second-order valence-electron chi connectivity index (χ2n) is 3.60. The fraction of sp³-hybridized carbons (Fsp3) is 0.273. The summed E-state index contributed by atoms with van der Waals surface area (Å²) in [5.74, 6) is 0.559. The molecule has 0 amide bonds. The lowest BCUT2D eigenvalue weighted by molar-refractivity contribution is 0.273.